The molecule has 1 aromatic rings. The lowest BCUT2D eigenvalue weighted by atomic mass is 9.57. The lowest BCUT2D eigenvalue weighted by molar-refractivity contribution is -0.121. The number of allylic oxidation sites excluding steroid dienone is 7. The van der Waals surface area contributed by atoms with Crippen LogP contribution in [0, 0.1) is 23.2 Å². The molecule has 1 heterocycles. The number of rotatable bonds is 3. The summed E-state index contributed by atoms with van der Waals surface area (Å²) in [5.41, 5.74) is 3.51. The molecule has 4 nitrogen and oxygen atoms in total. The van der Waals surface area contributed by atoms with Gasteiger partial charge in [0.05, 0.1) is 17.0 Å². The number of aromatic nitrogens is 2. The van der Waals surface area contributed by atoms with Crippen molar-refractivity contribution in [2.45, 2.75) is 39.0 Å². The fourth-order valence-corrected chi connectivity index (χ4v) is 4.36. The second-order valence-electron chi connectivity index (χ2n) is 7.21. The molecule has 0 saturated heterocycles. The maximum absolute atomic E-state index is 12.4. The van der Waals surface area contributed by atoms with Gasteiger partial charge in [-0.2, -0.15) is 5.26 Å². The lowest BCUT2D eigenvalue weighted by Crippen LogP contribution is -2.46. The van der Waals surface area contributed by atoms with Gasteiger partial charge in [-0.15, -0.1) is 0 Å². The molecule has 26 heavy (non-hydrogen) atoms. The van der Waals surface area contributed by atoms with Crippen LogP contribution in [0.5, 0.6) is 0 Å². The molecule has 0 saturated carbocycles. The number of carbonyl (C=O) groups excluding carboxylic acids is 1. The molecule has 0 bridgehead atoms. The topological polar surface area (TPSA) is 66.6 Å². The number of nitriles is 1. The molecular formula is C22H23N3O. The van der Waals surface area contributed by atoms with Gasteiger partial charge in [0.2, 0.25) is 0 Å². The maximum Gasteiger partial charge on any atom is 0.176 e. The fraction of sp³-hybridized carbons (Fsp3) is 0.364. The first-order chi connectivity index (χ1) is 12.4. The second kappa shape index (κ2) is 6.84. The molecule has 3 rings (SSSR count). The largest absolute Gasteiger partial charge is 0.293 e. The summed E-state index contributed by atoms with van der Waals surface area (Å²) in [7, 11) is 0. The van der Waals surface area contributed by atoms with E-state index in [-0.39, 0.29) is 23.2 Å². The van der Waals surface area contributed by atoms with E-state index in [2.05, 4.69) is 29.5 Å². The molecule has 3 atom stereocenters. The van der Waals surface area contributed by atoms with E-state index in [1.165, 1.54) is 0 Å². The molecule has 0 spiro atoms. The first kappa shape index (κ1) is 18.0. The van der Waals surface area contributed by atoms with E-state index < -0.39 is 5.41 Å². The number of fused-ring (bicyclic) bond motifs is 3. The zero-order chi connectivity index (χ0) is 18.9. The van der Waals surface area contributed by atoms with E-state index >= 15 is 0 Å². The van der Waals surface area contributed by atoms with Gasteiger partial charge < -0.3 is 0 Å². The Kier molecular flexibility index (Phi) is 4.73. The van der Waals surface area contributed by atoms with Crippen LogP contribution in [-0.2, 0) is 16.6 Å². The third kappa shape index (κ3) is 2.74. The van der Waals surface area contributed by atoms with Crippen LogP contribution in [0.2, 0.25) is 0 Å². The summed E-state index contributed by atoms with van der Waals surface area (Å²) in [5, 5.41) is 9.39. The van der Waals surface area contributed by atoms with Gasteiger partial charge in [-0.3, -0.25) is 4.79 Å². The minimum absolute atomic E-state index is 0.0496. The summed E-state index contributed by atoms with van der Waals surface area (Å²) in [6.45, 7) is 10.1. The van der Waals surface area contributed by atoms with Crippen LogP contribution in [0.25, 0.3) is 5.57 Å². The van der Waals surface area contributed by atoms with Crippen LogP contribution in [0.1, 0.15) is 44.1 Å². The van der Waals surface area contributed by atoms with Crippen molar-refractivity contribution in [2.24, 2.45) is 11.8 Å². The summed E-state index contributed by atoms with van der Waals surface area (Å²) in [5.74, 6) is -0.0791. The molecule has 2 aliphatic carbocycles. The Hall–Kier alpha value is -2.80. The minimum atomic E-state index is -0.434. The molecule has 0 fully saturated rings. The number of nitrogens with zero attached hydrogens (tertiary/aromatic N) is 3. The van der Waals surface area contributed by atoms with Gasteiger partial charge in [0.1, 0.15) is 12.4 Å². The first-order valence-electron chi connectivity index (χ1n) is 8.94. The molecule has 0 aromatic carbocycles. The maximum atomic E-state index is 12.4. The Bertz CT molecular complexity index is 900. The molecule has 0 radical (unpaired) electrons. The lowest BCUT2D eigenvalue weighted by Gasteiger charge is -2.45. The van der Waals surface area contributed by atoms with Gasteiger partial charge in [0.25, 0.3) is 0 Å². The second-order valence-corrected chi connectivity index (χ2v) is 7.21. The summed E-state index contributed by atoms with van der Waals surface area (Å²) in [4.78, 5) is 21.5. The van der Waals surface area contributed by atoms with Crippen molar-refractivity contribution in [1.29, 1.82) is 5.26 Å². The van der Waals surface area contributed by atoms with Crippen molar-refractivity contribution in [3.05, 3.63) is 65.8 Å². The van der Waals surface area contributed by atoms with Gasteiger partial charge in [-0.25, -0.2) is 9.97 Å². The normalized spacial score (nSPS) is 27.8. The Labute approximate surface area is 154 Å². The van der Waals surface area contributed by atoms with Crippen LogP contribution >= 0.6 is 0 Å². The van der Waals surface area contributed by atoms with Crippen molar-refractivity contribution in [2.75, 3.05) is 0 Å². The van der Waals surface area contributed by atoms with Gasteiger partial charge in [-0.05, 0) is 31.3 Å². The summed E-state index contributed by atoms with van der Waals surface area (Å²) in [6.07, 6.45) is 12.9. The van der Waals surface area contributed by atoms with E-state index in [0.717, 1.165) is 35.4 Å². The molecular weight excluding hydrogens is 322 g/mol. The highest BCUT2D eigenvalue weighted by Crippen LogP contribution is 2.49. The van der Waals surface area contributed by atoms with Crippen molar-refractivity contribution >= 4 is 11.4 Å². The van der Waals surface area contributed by atoms with E-state index in [9.17, 15) is 10.1 Å². The predicted molar refractivity (Wildman–Crippen MR) is 102 cm³/mol. The highest BCUT2D eigenvalue weighted by Gasteiger charge is 2.49. The SMILES string of the molecule is C=C(/C=C\C=C/C)c1ncnc2c1CC[C@@H]1[C@@H](C)C(=O)C(C#N)=C[C@@]21C. The number of ketones is 1. The Morgan fingerprint density at radius 3 is 2.88 bits per heavy atom. The highest BCUT2D eigenvalue weighted by atomic mass is 16.1. The fourth-order valence-electron chi connectivity index (χ4n) is 4.36. The van der Waals surface area contributed by atoms with Crippen LogP contribution in [0.4, 0.5) is 0 Å². The third-order valence-corrected chi connectivity index (χ3v) is 5.68. The van der Waals surface area contributed by atoms with Gasteiger partial charge in [-0.1, -0.05) is 50.8 Å². The molecule has 0 N–H and O–H groups in total. The van der Waals surface area contributed by atoms with Gasteiger partial charge >= 0.3 is 0 Å². The van der Waals surface area contributed by atoms with E-state index in [1.807, 2.05) is 44.2 Å². The standard InChI is InChI=1S/C22H23N3O/c1-5-6-7-8-14(2)19-17-9-10-18-15(3)20(26)16(12-23)11-22(18,4)21(17)25-13-24-19/h5-8,11,13,15,18H,2,9-10H2,1,3-4H3/b6-5-,8-7-/t15-,18-,22-/m1/s1. The van der Waals surface area contributed by atoms with Crippen molar-refractivity contribution in [1.82, 2.24) is 9.97 Å². The number of carbonyl (C=O) groups is 1. The summed E-state index contributed by atoms with van der Waals surface area (Å²) in [6, 6.07) is 2.08. The predicted octanol–water partition coefficient (Wildman–Crippen LogP) is 4.11. The average molecular weight is 345 g/mol. The molecule has 0 unspecified atom stereocenters. The van der Waals surface area contributed by atoms with E-state index in [1.54, 1.807) is 6.33 Å². The van der Waals surface area contributed by atoms with Crippen molar-refractivity contribution in [3.63, 3.8) is 0 Å². The molecule has 1 aromatic heterocycles. The monoisotopic (exact) mass is 345 g/mol. The van der Waals surface area contributed by atoms with Gasteiger partial charge in [0, 0.05) is 16.9 Å². The van der Waals surface area contributed by atoms with Crippen LogP contribution in [0.15, 0.2) is 48.9 Å². The Morgan fingerprint density at radius 2 is 2.19 bits per heavy atom. The Balaban J connectivity index is 2.13. The minimum Gasteiger partial charge on any atom is -0.293 e. The van der Waals surface area contributed by atoms with E-state index in [0.29, 0.717) is 0 Å². The summed E-state index contributed by atoms with van der Waals surface area (Å²) >= 11 is 0. The van der Waals surface area contributed by atoms with Crippen LogP contribution in [-0.4, -0.2) is 15.8 Å². The van der Waals surface area contributed by atoms with Crippen LogP contribution in [0.3, 0.4) is 0 Å². The third-order valence-electron chi connectivity index (χ3n) is 5.68. The molecule has 0 amide bonds. The first-order valence-corrected chi connectivity index (χ1v) is 8.94. The van der Waals surface area contributed by atoms with Gasteiger partial charge in [0.15, 0.2) is 5.78 Å². The zero-order valence-corrected chi connectivity index (χ0v) is 15.5. The molecule has 132 valence electrons. The van der Waals surface area contributed by atoms with Crippen LogP contribution < -0.4 is 0 Å². The number of hydrogen-bond donors (Lipinski definition) is 0. The van der Waals surface area contributed by atoms with Crippen molar-refractivity contribution < 1.29 is 4.79 Å². The quantitative estimate of drug-likeness (QED) is 0.773. The average Bonchev–Trinajstić information content (AvgIpc) is 2.64. The molecule has 2 aliphatic rings. The Morgan fingerprint density at radius 1 is 1.42 bits per heavy atom. The number of hydrogen-bond acceptors (Lipinski definition) is 4. The summed E-state index contributed by atoms with van der Waals surface area (Å²) < 4.78 is 0. The van der Waals surface area contributed by atoms with E-state index in [4.69, 9.17) is 0 Å². The van der Waals surface area contributed by atoms with Crippen molar-refractivity contribution in [3.8, 4) is 6.07 Å². The zero-order valence-electron chi connectivity index (χ0n) is 15.5. The molecule has 4 heteroatoms. The smallest absolute Gasteiger partial charge is 0.176 e. The highest BCUT2D eigenvalue weighted by molar-refractivity contribution is 6.02. The number of Topliss-reactive ketones (excluding diaryl/α,β-unsaturated/α-hetero) is 1. The molecule has 0 aliphatic heterocycles.